The lowest BCUT2D eigenvalue weighted by atomic mass is 10.4. The van der Waals surface area contributed by atoms with E-state index >= 15 is 0 Å². The molecule has 0 bridgehead atoms. The van der Waals surface area contributed by atoms with Crippen molar-refractivity contribution in [3.05, 3.63) is 35.0 Å². The van der Waals surface area contributed by atoms with Gasteiger partial charge in [0.25, 0.3) is 0 Å². The Morgan fingerprint density at radius 1 is 1.44 bits per heavy atom. The third kappa shape index (κ3) is 2.73. The molecule has 0 spiro atoms. The molecule has 0 fully saturated rings. The first-order chi connectivity index (χ1) is 7.75. The zero-order valence-corrected chi connectivity index (χ0v) is 10.2. The lowest BCUT2D eigenvalue weighted by Crippen LogP contribution is -2.08. The first-order valence-corrected chi connectivity index (χ1v) is 5.68. The highest BCUT2D eigenvalue weighted by atomic mass is 79.9. The van der Waals surface area contributed by atoms with E-state index in [-0.39, 0.29) is 0 Å². The van der Waals surface area contributed by atoms with Crippen molar-refractivity contribution in [3.63, 3.8) is 0 Å². The Balaban J connectivity index is 1.90. The van der Waals surface area contributed by atoms with Gasteiger partial charge in [0.1, 0.15) is 11.6 Å². The van der Waals surface area contributed by atoms with Crippen molar-refractivity contribution < 1.29 is 0 Å². The van der Waals surface area contributed by atoms with Gasteiger partial charge in [0.2, 0.25) is 0 Å². The highest BCUT2D eigenvalue weighted by Crippen LogP contribution is 2.21. The second-order valence-corrected chi connectivity index (χ2v) is 4.17. The van der Waals surface area contributed by atoms with Crippen molar-refractivity contribution in [2.75, 3.05) is 17.6 Å². The third-order valence-corrected chi connectivity index (χ3v) is 2.68. The molecule has 0 atom stereocenters. The van der Waals surface area contributed by atoms with Crippen LogP contribution in [-0.4, -0.2) is 21.5 Å². The average molecular weight is 282 g/mol. The number of halogens is 1. The molecule has 0 aliphatic carbocycles. The van der Waals surface area contributed by atoms with Crippen molar-refractivity contribution in [3.8, 4) is 0 Å². The van der Waals surface area contributed by atoms with Crippen LogP contribution in [0.15, 0.2) is 29.1 Å². The molecule has 0 aliphatic rings. The van der Waals surface area contributed by atoms with E-state index in [1.165, 1.54) is 0 Å². The van der Waals surface area contributed by atoms with Crippen LogP contribution in [0.25, 0.3) is 0 Å². The molecule has 2 heterocycles. The minimum atomic E-state index is 0.642. The number of nitrogen functional groups attached to an aromatic ring is 1. The van der Waals surface area contributed by atoms with Gasteiger partial charge >= 0.3 is 0 Å². The lowest BCUT2D eigenvalue weighted by Gasteiger charge is -2.06. The van der Waals surface area contributed by atoms with Gasteiger partial charge in [-0.1, -0.05) is 0 Å². The zero-order valence-electron chi connectivity index (χ0n) is 8.57. The summed E-state index contributed by atoms with van der Waals surface area (Å²) >= 11 is 3.40. The fraction of sp³-hybridized carbons (Fsp3) is 0.200. The molecular formula is C10H12BrN5. The normalized spacial score (nSPS) is 10.3. The van der Waals surface area contributed by atoms with E-state index in [1.807, 2.05) is 12.3 Å². The average Bonchev–Trinajstić information content (AvgIpc) is 2.74. The maximum atomic E-state index is 5.60. The van der Waals surface area contributed by atoms with Crippen molar-refractivity contribution in [1.29, 1.82) is 0 Å². The molecule has 0 saturated carbocycles. The summed E-state index contributed by atoms with van der Waals surface area (Å²) in [6, 6.07) is 1.82. The molecule has 2 aromatic heterocycles. The number of nitrogens with two attached hydrogens (primary N) is 1. The molecule has 0 aromatic carbocycles. The number of hydrogen-bond acceptors (Lipinski definition) is 4. The quantitative estimate of drug-likeness (QED) is 0.799. The van der Waals surface area contributed by atoms with E-state index in [4.69, 9.17) is 5.73 Å². The van der Waals surface area contributed by atoms with Gasteiger partial charge in [-0.15, -0.1) is 0 Å². The van der Waals surface area contributed by atoms with Gasteiger partial charge in [0.15, 0.2) is 0 Å². The standard InChI is InChI=1S/C10H12BrN5/c11-8-5-7(12)6-16-10(8)15-2-1-9-13-3-4-14-9/h3-6H,1-2,12H2,(H,13,14)(H,15,16). The minimum absolute atomic E-state index is 0.642. The van der Waals surface area contributed by atoms with Gasteiger partial charge in [-0.25, -0.2) is 9.97 Å². The van der Waals surface area contributed by atoms with E-state index in [9.17, 15) is 0 Å². The van der Waals surface area contributed by atoms with E-state index in [0.29, 0.717) is 5.69 Å². The molecule has 0 aliphatic heterocycles. The number of nitrogens with one attached hydrogen (secondary N) is 2. The minimum Gasteiger partial charge on any atom is -0.397 e. The Kier molecular flexibility index (Phi) is 3.40. The Morgan fingerprint density at radius 2 is 2.31 bits per heavy atom. The predicted molar refractivity (Wildman–Crippen MR) is 67.1 cm³/mol. The summed E-state index contributed by atoms with van der Waals surface area (Å²) in [5.41, 5.74) is 6.24. The van der Waals surface area contributed by atoms with Crippen LogP contribution < -0.4 is 11.1 Å². The predicted octanol–water partition coefficient (Wildman–Crippen LogP) is 1.80. The monoisotopic (exact) mass is 281 g/mol. The molecule has 84 valence electrons. The molecule has 0 saturated heterocycles. The first-order valence-electron chi connectivity index (χ1n) is 4.89. The number of imidazole rings is 1. The number of nitrogens with zero attached hydrogens (tertiary/aromatic N) is 2. The highest BCUT2D eigenvalue weighted by molar-refractivity contribution is 9.10. The summed E-state index contributed by atoms with van der Waals surface area (Å²) in [5, 5.41) is 3.20. The Hall–Kier alpha value is -1.56. The van der Waals surface area contributed by atoms with E-state index in [0.717, 1.165) is 29.1 Å². The van der Waals surface area contributed by atoms with Crippen LogP contribution in [0.5, 0.6) is 0 Å². The van der Waals surface area contributed by atoms with Crippen LogP contribution in [-0.2, 0) is 6.42 Å². The van der Waals surface area contributed by atoms with Gasteiger partial charge in [0, 0.05) is 25.4 Å². The molecule has 0 radical (unpaired) electrons. The molecule has 6 heteroatoms. The molecule has 16 heavy (non-hydrogen) atoms. The van der Waals surface area contributed by atoms with Crippen LogP contribution in [0, 0.1) is 0 Å². The number of anilines is 2. The van der Waals surface area contributed by atoms with E-state index < -0.39 is 0 Å². The van der Waals surface area contributed by atoms with Gasteiger partial charge in [0.05, 0.1) is 16.4 Å². The summed E-state index contributed by atoms with van der Waals surface area (Å²) in [6.07, 6.45) is 6.00. The second-order valence-electron chi connectivity index (χ2n) is 3.31. The number of rotatable bonds is 4. The largest absolute Gasteiger partial charge is 0.397 e. The molecule has 4 N–H and O–H groups in total. The van der Waals surface area contributed by atoms with Crippen molar-refractivity contribution >= 4 is 27.4 Å². The summed E-state index contributed by atoms with van der Waals surface area (Å²) < 4.78 is 0.868. The molecule has 0 amide bonds. The number of aromatic nitrogens is 3. The van der Waals surface area contributed by atoms with Crippen LogP contribution >= 0.6 is 15.9 Å². The molecule has 2 rings (SSSR count). The highest BCUT2D eigenvalue weighted by Gasteiger charge is 2.01. The number of hydrogen-bond donors (Lipinski definition) is 3. The smallest absolute Gasteiger partial charge is 0.140 e. The zero-order chi connectivity index (χ0) is 11.4. The SMILES string of the molecule is Nc1cnc(NCCc2ncc[nH]2)c(Br)c1. The number of pyridine rings is 1. The fourth-order valence-electron chi connectivity index (χ4n) is 1.32. The summed E-state index contributed by atoms with van der Waals surface area (Å²) in [6.45, 7) is 0.767. The molecule has 2 aromatic rings. The van der Waals surface area contributed by atoms with E-state index in [1.54, 1.807) is 12.4 Å². The molecular weight excluding hydrogens is 270 g/mol. The maximum Gasteiger partial charge on any atom is 0.140 e. The Morgan fingerprint density at radius 3 is 3.00 bits per heavy atom. The topological polar surface area (TPSA) is 79.6 Å². The maximum absolute atomic E-state index is 5.60. The van der Waals surface area contributed by atoms with Crippen LogP contribution in [0.3, 0.4) is 0 Å². The van der Waals surface area contributed by atoms with Gasteiger partial charge in [-0.2, -0.15) is 0 Å². The van der Waals surface area contributed by atoms with Crippen LogP contribution in [0.2, 0.25) is 0 Å². The van der Waals surface area contributed by atoms with E-state index in [2.05, 4.69) is 36.2 Å². The molecule has 5 nitrogen and oxygen atoms in total. The van der Waals surface area contributed by atoms with Crippen molar-refractivity contribution in [2.45, 2.75) is 6.42 Å². The van der Waals surface area contributed by atoms with Crippen molar-refractivity contribution in [2.24, 2.45) is 0 Å². The molecule has 0 unspecified atom stereocenters. The fourth-order valence-corrected chi connectivity index (χ4v) is 1.82. The van der Waals surface area contributed by atoms with Gasteiger partial charge < -0.3 is 16.0 Å². The third-order valence-electron chi connectivity index (χ3n) is 2.07. The van der Waals surface area contributed by atoms with Gasteiger partial charge in [-0.3, -0.25) is 0 Å². The second kappa shape index (κ2) is 4.98. The summed E-state index contributed by atoms with van der Waals surface area (Å²) in [7, 11) is 0. The Bertz CT molecular complexity index is 454. The first kappa shape index (κ1) is 10.9. The Labute approximate surface area is 102 Å². The lowest BCUT2D eigenvalue weighted by molar-refractivity contribution is 0.921. The number of aromatic amines is 1. The van der Waals surface area contributed by atoms with Gasteiger partial charge in [-0.05, 0) is 22.0 Å². The summed E-state index contributed by atoms with van der Waals surface area (Å²) in [5.74, 6) is 1.75. The van der Waals surface area contributed by atoms with Crippen LogP contribution in [0.4, 0.5) is 11.5 Å². The van der Waals surface area contributed by atoms with Crippen molar-refractivity contribution in [1.82, 2.24) is 15.0 Å². The number of H-pyrrole nitrogens is 1. The summed E-state index contributed by atoms with van der Waals surface area (Å²) in [4.78, 5) is 11.4. The van der Waals surface area contributed by atoms with Crippen LogP contribution in [0.1, 0.15) is 5.82 Å².